The Hall–Kier alpha value is -1.81. The average Bonchev–Trinajstić information content (AvgIpc) is 2.90. The number of hydrogen-bond acceptors (Lipinski definition) is 3. The van der Waals surface area contributed by atoms with Gasteiger partial charge in [0.2, 0.25) is 0 Å². The summed E-state index contributed by atoms with van der Waals surface area (Å²) in [6, 6.07) is 10.5. The number of hydrogen-bond donors (Lipinski definition) is 2. The van der Waals surface area contributed by atoms with Crippen LogP contribution in [0, 0.1) is 0 Å². The zero-order valence-corrected chi connectivity index (χ0v) is 11.6. The van der Waals surface area contributed by atoms with E-state index in [0.29, 0.717) is 0 Å². The Labute approximate surface area is 119 Å². The van der Waals surface area contributed by atoms with E-state index in [1.54, 1.807) is 0 Å². The monoisotopic (exact) mass is 271 g/mol. The van der Waals surface area contributed by atoms with Crippen LogP contribution in [-0.4, -0.2) is 27.0 Å². The van der Waals surface area contributed by atoms with Gasteiger partial charge in [0.15, 0.2) is 0 Å². The van der Waals surface area contributed by atoms with Crippen molar-refractivity contribution in [3.63, 3.8) is 0 Å². The summed E-state index contributed by atoms with van der Waals surface area (Å²) in [5.74, 6) is 0. The van der Waals surface area contributed by atoms with Crippen molar-refractivity contribution < 1.29 is 5.11 Å². The van der Waals surface area contributed by atoms with Crippen LogP contribution in [0.4, 0.5) is 5.69 Å². The number of nitrogens with one attached hydrogen (secondary N) is 1. The van der Waals surface area contributed by atoms with E-state index in [2.05, 4.69) is 22.5 Å². The minimum atomic E-state index is -0.235. The van der Waals surface area contributed by atoms with Gasteiger partial charge in [-0.15, -0.1) is 0 Å². The zero-order valence-electron chi connectivity index (χ0n) is 11.6. The van der Waals surface area contributed by atoms with Crippen molar-refractivity contribution in [3.05, 3.63) is 48.3 Å². The van der Waals surface area contributed by atoms with Crippen LogP contribution in [0.25, 0.3) is 0 Å². The van der Waals surface area contributed by atoms with Crippen LogP contribution in [0.1, 0.15) is 31.2 Å². The highest BCUT2D eigenvalue weighted by Crippen LogP contribution is 2.22. The summed E-state index contributed by atoms with van der Waals surface area (Å²) in [4.78, 5) is 0. The molecule has 0 aliphatic heterocycles. The fraction of sp³-hybridized carbons (Fsp3) is 0.438. The maximum Gasteiger partial charge on any atom is 0.0741 e. The highest BCUT2D eigenvalue weighted by molar-refractivity contribution is 5.40. The van der Waals surface area contributed by atoms with Gasteiger partial charge in [0, 0.05) is 6.20 Å². The maximum absolute atomic E-state index is 9.98. The van der Waals surface area contributed by atoms with Crippen molar-refractivity contribution in [2.75, 3.05) is 5.32 Å². The van der Waals surface area contributed by atoms with Crippen LogP contribution < -0.4 is 5.32 Å². The molecule has 4 heteroatoms. The van der Waals surface area contributed by atoms with E-state index < -0.39 is 0 Å². The second-order valence-corrected chi connectivity index (χ2v) is 5.51. The van der Waals surface area contributed by atoms with E-state index in [1.807, 2.05) is 35.3 Å². The summed E-state index contributed by atoms with van der Waals surface area (Å²) in [6.07, 6.45) is 7.86. The largest absolute Gasteiger partial charge is 0.391 e. The Kier molecular flexibility index (Phi) is 4.02. The van der Waals surface area contributed by atoms with E-state index in [0.717, 1.165) is 31.5 Å². The molecule has 0 amide bonds. The first-order valence-electron chi connectivity index (χ1n) is 7.32. The molecule has 0 spiro atoms. The molecule has 1 heterocycles. The van der Waals surface area contributed by atoms with Crippen molar-refractivity contribution in [2.24, 2.45) is 0 Å². The lowest BCUT2D eigenvalue weighted by Gasteiger charge is -2.28. The Morgan fingerprint density at radius 2 is 2.00 bits per heavy atom. The number of aliphatic hydroxyl groups is 1. The molecule has 1 aromatic heterocycles. The fourth-order valence-corrected chi connectivity index (χ4v) is 2.79. The van der Waals surface area contributed by atoms with Gasteiger partial charge >= 0.3 is 0 Å². The van der Waals surface area contributed by atoms with Crippen LogP contribution >= 0.6 is 0 Å². The Morgan fingerprint density at radius 3 is 2.80 bits per heavy atom. The standard InChI is InChI=1S/C16H21N3O/c20-16-9-5-4-8-15(16)18-14-10-17-19(12-14)11-13-6-2-1-3-7-13/h1-3,6-7,10,12,15-16,18,20H,4-5,8-9,11H2/t15-,16-/m1/s1. The van der Waals surface area contributed by atoms with Gasteiger partial charge in [0.25, 0.3) is 0 Å². The summed E-state index contributed by atoms with van der Waals surface area (Å²) in [6.45, 7) is 0.774. The maximum atomic E-state index is 9.98. The van der Waals surface area contributed by atoms with Crippen LogP contribution in [0.3, 0.4) is 0 Å². The number of benzene rings is 1. The molecule has 1 saturated carbocycles. The molecule has 1 aromatic carbocycles. The minimum Gasteiger partial charge on any atom is -0.391 e. The number of aromatic nitrogens is 2. The van der Waals surface area contributed by atoms with E-state index in [4.69, 9.17) is 0 Å². The molecule has 4 nitrogen and oxygen atoms in total. The number of aliphatic hydroxyl groups excluding tert-OH is 1. The number of rotatable bonds is 4. The highest BCUT2D eigenvalue weighted by Gasteiger charge is 2.22. The number of anilines is 1. The molecule has 20 heavy (non-hydrogen) atoms. The Morgan fingerprint density at radius 1 is 1.20 bits per heavy atom. The summed E-state index contributed by atoms with van der Waals surface area (Å²) < 4.78 is 1.92. The van der Waals surface area contributed by atoms with Crippen LogP contribution in [-0.2, 0) is 6.54 Å². The second-order valence-electron chi connectivity index (χ2n) is 5.51. The molecule has 0 radical (unpaired) electrons. The quantitative estimate of drug-likeness (QED) is 0.899. The molecular weight excluding hydrogens is 250 g/mol. The third-order valence-electron chi connectivity index (χ3n) is 3.90. The Balaban J connectivity index is 1.62. The van der Waals surface area contributed by atoms with Crippen molar-refractivity contribution in [1.29, 1.82) is 0 Å². The zero-order chi connectivity index (χ0) is 13.8. The van der Waals surface area contributed by atoms with Gasteiger partial charge in [-0.05, 0) is 18.4 Å². The molecule has 106 valence electrons. The molecule has 2 atom stereocenters. The molecular formula is C16H21N3O. The molecule has 0 saturated heterocycles. The first kappa shape index (κ1) is 13.2. The van der Waals surface area contributed by atoms with Gasteiger partial charge < -0.3 is 10.4 Å². The van der Waals surface area contributed by atoms with Gasteiger partial charge in [0.05, 0.1) is 30.6 Å². The van der Waals surface area contributed by atoms with Gasteiger partial charge in [-0.3, -0.25) is 4.68 Å². The predicted molar refractivity (Wildman–Crippen MR) is 79.7 cm³/mol. The normalized spacial score (nSPS) is 22.6. The lowest BCUT2D eigenvalue weighted by atomic mass is 9.92. The molecule has 1 aliphatic rings. The van der Waals surface area contributed by atoms with Crippen LogP contribution in [0.15, 0.2) is 42.7 Å². The van der Waals surface area contributed by atoms with Crippen molar-refractivity contribution in [3.8, 4) is 0 Å². The highest BCUT2D eigenvalue weighted by atomic mass is 16.3. The van der Waals surface area contributed by atoms with Crippen molar-refractivity contribution in [2.45, 2.75) is 44.4 Å². The lowest BCUT2D eigenvalue weighted by Crippen LogP contribution is -2.36. The molecule has 1 fully saturated rings. The third kappa shape index (κ3) is 3.20. The van der Waals surface area contributed by atoms with Gasteiger partial charge in [-0.25, -0.2) is 0 Å². The van der Waals surface area contributed by atoms with E-state index in [9.17, 15) is 5.11 Å². The fourth-order valence-electron chi connectivity index (χ4n) is 2.79. The minimum absolute atomic E-state index is 0.165. The first-order valence-corrected chi connectivity index (χ1v) is 7.32. The molecule has 3 rings (SSSR count). The SMILES string of the molecule is O[C@@H]1CCCC[C@H]1Nc1cnn(Cc2ccccc2)c1. The van der Waals surface area contributed by atoms with Crippen LogP contribution in [0.5, 0.6) is 0 Å². The topological polar surface area (TPSA) is 50.1 Å². The van der Waals surface area contributed by atoms with Gasteiger partial charge in [-0.1, -0.05) is 43.2 Å². The van der Waals surface area contributed by atoms with Gasteiger partial charge in [-0.2, -0.15) is 5.10 Å². The van der Waals surface area contributed by atoms with E-state index in [1.165, 1.54) is 12.0 Å². The smallest absolute Gasteiger partial charge is 0.0741 e. The summed E-state index contributed by atoms with van der Waals surface area (Å²) in [5.41, 5.74) is 2.23. The van der Waals surface area contributed by atoms with Crippen LogP contribution in [0.2, 0.25) is 0 Å². The summed E-state index contributed by atoms with van der Waals surface area (Å²) >= 11 is 0. The predicted octanol–water partition coefficient (Wildman–Crippen LogP) is 2.65. The van der Waals surface area contributed by atoms with E-state index in [-0.39, 0.29) is 12.1 Å². The summed E-state index contributed by atoms with van der Waals surface area (Å²) in [5, 5.41) is 17.8. The van der Waals surface area contributed by atoms with Gasteiger partial charge in [0.1, 0.15) is 0 Å². The Bertz CT molecular complexity index is 538. The number of nitrogens with zero attached hydrogens (tertiary/aromatic N) is 2. The second kappa shape index (κ2) is 6.09. The first-order chi connectivity index (χ1) is 9.81. The third-order valence-corrected chi connectivity index (χ3v) is 3.90. The average molecular weight is 271 g/mol. The molecule has 2 N–H and O–H groups in total. The summed E-state index contributed by atoms with van der Waals surface area (Å²) in [7, 11) is 0. The molecule has 2 aromatic rings. The van der Waals surface area contributed by atoms with Crippen molar-refractivity contribution >= 4 is 5.69 Å². The molecule has 0 bridgehead atoms. The lowest BCUT2D eigenvalue weighted by molar-refractivity contribution is 0.116. The molecule has 1 aliphatic carbocycles. The molecule has 0 unspecified atom stereocenters. The van der Waals surface area contributed by atoms with Crippen molar-refractivity contribution in [1.82, 2.24) is 9.78 Å². The van der Waals surface area contributed by atoms with E-state index >= 15 is 0 Å².